The molecule has 0 fully saturated rings. The first-order valence-corrected chi connectivity index (χ1v) is 11.5. The van der Waals surface area contributed by atoms with Crippen molar-refractivity contribution in [2.24, 2.45) is 0 Å². The summed E-state index contributed by atoms with van der Waals surface area (Å²) in [7, 11) is 1.79. The number of nitrogens with one attached hydrogen (secondary N) is 2. The van der Waals surface area contributed by atoms with Gasteiger partial charge in [0.25, 0.3) is 0 Å². The van der Waals surface area contributed by atoms with E-state index in [0.29, 0.717) is 12.8 Å². The highest BCUT2D eigenvalue weighted by molar-refractivity contribution is 7.12. The molecule has 0 aliphatic heterocycles. The van der Waals surface area contributed by atoms with Crippen LogP contribution in [0.2, 0.25) is 0 Å². The van der Waals surface area contributed by atoms with E-state index in [4.69, 9.17) is 0 Å². The molecule has 2 N–H and O–H groups in total. The van der Waals surface area contributed by atoms with Gasteiger partial charge in [0, 0.05) is 28.5 Å². The standard InChI is InChI=1S/C26H28F4N2S/c1-16-15-17(2)33-25(16)23(14-7-19-5-10-21(11-6-19)26(28,29)30)32-24(18(3)31-4)20-8-12-22(27)13-9-20/h5-6,8-13,15,23-24,31-32H,3,7,14H2,1-2,4H3/t23-,24+/m1/s1. The highest BCUT2D eigenvalue weighted by Crippen LogP contribution is 2.34. The van der Waals surface area contributed by atoms with Gasteiger partial charge in [0.1, 0.15) is 5.82 Å². The second-order valence-electron chi connectivity index (χ2n) is 8.12. The molecule has 1 heterocycles. The van der Waals surface area contributed by atoms with Gasteiger partial charge in [-0.05, 0) is 73.7 Å². The Morgan fingerprint density at radius 1 is 1.03 bits per heavy atom. The van der Waals surface area contributed by atoms with Gasteiger partial charge >= 0.3 is 6.18 Å². The number of benzene rings is 2. The van der Waals surface area contributed by atoms with Crippen LogP contribution in [0, 0.1) is 19.7 Å². The fraction of sp³-hybridized carbons (Fsp3) is 0.308. The molecule has 0 amide bonds. The minimum Gasteiger partial charge on any atom is -0.390 e. The second kappa shape index (κ2) is 10.5. The maximum absolute atomic E-state index is 13.5. The van der Waals surface area contributed by atoms with Crippen molar-refractivity contribution < 1.29 is 17.6 Å². The third-order valence-corrected chi connectivity index (χ3v) is 6.91. The summed E-state index contributed by atoms with van der Waals surface area (Å²) in [5, 5.41) is 6.76. The van der Waals surface area contributed by atoms with Crippen molar-refractivity contribution in [1.29, 1.82) is 0 Å². The van der Waals surface area contributed by atoms with E-state index in [-0.39, 0.29) is 17.9 Å². The van der Waals surface area contributed by atoms with Crippen molar-refractivity contribution in [2.45, 2.75) is 44.9 Å². The van der Waals surface area contributed by atoms with E-state index in [2.05, 4.69) is 37.1 Å². The molecule has 0 saturated carbocycles. The lowest BCUT2D eigenvalue weighted by Gasteiger charge is -2.28. The van der Waals surface area contributed by atoms with Crippen LogP contribution in [0.4, 0.5) is 17.6 Å². The van der Waals surface area contributed by atoms with Crippen LogP contribution in [0.25, 0.3) is 0 Å². The van der Waals surface area contributed by atoms with Gasteiger partial charge in [0.2, 0.25) is 0 Å². The largest absolute Gasteiger partial charge is 0.416 e. The van der Waals surface area contributed by atoms with E-state index in [1.54, 1.807) is 30.5 Å². The summed E-state index contributed by atoms with van der Waals surface area (Å²) in [5.41, 5.74) is 2.97. The number of hydrogen-bond donors (Lipinski definition) is 2. The number of halogens is 4. The van der Waals surface area contributed by atoms with Crippen LogP contribution in [0.15, 0.2) is 66.9 Å². The van der Waals surface area contributed by atoms with Gasteiger partial charge in [-0.15, -0.1) is 11.3 Å². The summed E-state index contributed by atoms with van der Waals surface area (Å²) in [6.07, 6.45) is -3.06. The van der Waals surface area contributed by atoms with Gasteiger partial charge in [-0.25, -0.2) is 4.39 Å². The zero-order chi connectivity index (χ0) is 24.2. The fourth-order valence-electron chi connectivity index (χ4n) is 3.87. The quantitative estimate of drug-likeness (QED) is 0.318. The van der Waals surface area contributed by atoms with Gasteiger partial charge in [0.05, 0.1) is 11.6 Å². The zero-order valence-corrected chi connectivity index (χ0v) is 19.7. The number of hydrogen-bond acceptors (Lipinski definition) is 3. The molecule has 0 spiro atoms. The van der Waals surface area contributed by atoms with Crippen LogP contribution in [-0.2, 0) is 12.6 Å². The Hall–Kier alpha value is -2.64. The summed E-state index contributed by atoms with van der Waals surface area (Å²) in [6, 6.07) is 13.4. The number of alkyl halides is 3. The average molecular weight is 477 g/mol. The van der Waals surface area contributed by atoms with Gasteiger partial charge in [-0.1, -0.05) is 30.8 Å². The van der Waals surface area contributed by atoms with Crippen molar-refractivity contribution in [3.63, 3.8) is 0 Å². The SMILES string of the molecule is C=C(NC)[C@H](N[C@H](CCc1ccc(C(F)(F)F)cc1)c1sc(C)cc1C)c1ccc(F)cc1. The Balaban J connectivity index is 1.86. The maximum Gasteiger partial charge on any atom is 0.416 e. The number of aryl methyl sites for hydroxylation is 3. The molecule has 2 nitrogen and oxygen atoms in total. The number of rotatable bonds is 9. The molecule has 0 radical (unpaired) electrons. The molecular weight excluding hydrogens is 448 g/mol. The fourth-order valence-corrected chi connectivity index (χ4v) is 5.00. The van der Waals surface area contributed by atoms with Gasteiger partial charge in [-0.2, -0.15) is 13.2 Å². The highest BCUT2D eigenvalue weighted by atomic mass is 32.1. The molecule has 0 unspecified atom stereocenters. The van der Waals surface area contributed by atoms with Crippen LogP contribution in [0.1, 0.15) is 50.5 Å². The summed E-state index contributed by atoms with van der Waals surface area (Å²) in [6.45, 7) is 8.24. The molecular formula is C26H28F4N2S. The first-order chi connectivity index (χ1) is 15.6. The average Bonchev–Trinajstić information content (AvgIpc) is 3.11. The molecule has 33 heavy (non-hydrogen) atoms. The van der Waals surface area contributed by atoms with Gasteiger partial charge in [-0.3, -0.25) is 5.32 Å². The number of likely N-dealkylation sites (N-methyl/N-ethyl adjacent to an activating group) is 1. The van der Waals surface area contributed by atoms with Crippen molar-refractivity contribution in [2.75, 3.05) is 7.05 Å². The molecule has 3 aromatic rings. The van der Waals surface area contributed by atoms with Crippen molar-refractivity contribution in [3.05, 3.63) is 105 Å². The van der Waals surface area contributed by atoms with Crippen molar-refractivity contribution in [3.8, 4) is 0 Å². The first-order valence-electron chi connectivity index (χ1n) is 10.7. The lowest BCUT2D eigenvalue weighted by atomic mass is 9.98. The molecule has 0 bridgehead atoms. The zero-order valence-electron chi connectivity index (χ0n) is 18.9. The highest BCUT2D eigenvalue weighted by Gasteiger charge is 2.30. The van der Waals surface area contributed by atoms with Crippen LogP contribution < -0.4 is 10.6 Å². The normalized spacial score (nSPS) is 13.5. The van der Waals surface area contributed by atoms with E-state index in [0.717, 1.165) is 34.5 Å². The minimum atomic E-state index is -4.34. The lowest BCUT2D eigenvalue weighted by Crippen LogP contribution is -2.31. The third kappa shape index (κ3) is 6.45. The Morgan fingerprint density at radius 2 is 1.67 bits per heavy atom. The molecule has 2 atom stereocenters. The monoisotopic (exact) mass is 476 g/mol. The molecule has 0 saturated heterocycles. The molecule has 0 aliphatic rings. The van der Waals surface area contributed by atoms with Crippen LogP contribution in [0.3, 0.4) is 0 Å². The summed E-state index contributed by atoms with van der Waals surface area (Å²) in [4.78, 5) is 2.37. The van der Waals surface area contributed by atoms with E-state index in [1.807, 2.05) is 0 Å². The Labute approximate surface area is 196 Å². The van der Waals surface area contributed by atoms with E-state index in [9.17, 15) is 17.6 Å². The van der Waals surface area contributed by atoms with Gasteiger partial charge in [0.15, 0.2) is 0 Å². The molecule has 3 rings (SSSR count). The molecule has 2 aromatic carbocycles. The van der Waals surface area contributed by atoms with Crippen molar-refractivity contribution in [1.82, 2.24) is 10.6 Å². The summed E-state index contributed by atoms with van der Waals surface area (Å²) >= 11 is 1.70. The molecule has 176 valence electrons. The maximum atomic E-state index is 13.5. The summed E-state index contributed by atoms with van der Waals surface area (Å²) in [5.74, 6) is -0.309. The number of thiophene rings is 1. The topological polar surface area (TPSA) is 24.1 Å². The Bertz CT molecular complexity index is 1070. The van der Waals surface area contributed by atoms with E-state index < -0.39 is 11.7 Å². The predicted molar refractivity (Wildman–Crippen MR) is 127 cm³/mol. The smallest absolute Gasteiger partial charge is 0.390 e. The summed E-state index contributed by atoms with van der Waals surface area (Å²) < 4.78 is 52.2. The second-order valence-corrected chi connectivity index (χ2v) is 9.40. The van der Waals surface area contributed by atoms with E-state index >= 15 is 0 Å². The minimum absolute atomic E-state index is 0.0638. The molecule has 0 aliphatic carbocycles. The van der Waals surface area contributed by atoms with Crippen molar-refractivity contribution >= 4 is 11.3 Å². The lowest BCUT2D eigenvalue weighted by molar-refractivity contribution is -0.137. The van der Waals surface area contributed by atoms with Crippen LogP contribution in [-0.4, -0.2) is 7.05 Å². The van der Waals surface area contributed by atoms with Crippen LogP contribution in [0.5, 0.6) is 0 Å². The Morgan fingerprint density at radius 3 is 2.18 bits per heavy atom. The van der Waals surface area contributed by atoms with Gasteiger partial charge < -0.3 is 5.32 Å². The Kier molecular flexibility index (Phi) is 7.97. The third-order valence-electron chi connectivity index (χ3n) is 5.64. The van der Waals surface area contributed by atoms with E-state index in [1.165, 1.54) is 34.0 Å². The predicted octanol–water partition coefficient (Wildman–Crippen LogP) is 7.26. The van der Waals surface area contributed by atoms with Crippen LogP contribution >= 0.6 is 11.3 Å². The first kappa shape index (κ1) is 25.0. The molecule has 7 heteroatoms. The molecule has 1 aromatic heterocycles.